The molecule has 0 radical (unpaired) electrons. The third-order valence-electron chi connectivity index (χ3n) is 5.27. The van der Waals surface area contributed by atoms with Gasteiger partial charge in [0, 0.05) is 37.6 Å². The van der Waals surface area contributed by atoms with E-state index in [0.717, 1.165) is 17.5 Å². The maximum atomic E-state index is 13.6. The molecule has 1 aliphatic heterocycles. The van der Waals surface area contributed by atoms with Gasteiger partial charge in [0.2, 0.25) is 0 Å². The highest BCUT2D eigenvalue weighted by molar-refractivity contribution is 6.10. The van der Waals surface area contributed by atoms with E-state index in [1.807, 2.05) is 44.6 Å². The number of amides is 1. The van der Waals surface area contributed by atoms with Crippen molar-refractivity contribution >= 4 is 22.9 Å². The first-order valence-electron chi connectivity index (χ1n) is 9.62. The molecule has 2 aromatic heterocycles. The highest BCUT2D eigenvalue weighted by Gasteiger charge is 2.37. The minimum absolute atomic E-state index is 0.0174. The molecular formula is C21H29N3O4. The zero-order valence-electron chi connectivity index (χ0n) is 17.5. The third kappa shape index (κ3) is 3.84. The summed E-state index contributed by atoms with van der Waals surface area (Å²) < 4.78 is 12.8. The molecule has 7 heteroatoms. The van der Waals surface area contributed by atoms with Gasteiger partial charge in [-0.2, -0.15) is 0 Å². The highest BCUT2D eigenvalue weighted by Crippen LogP contribution is 2.34. The van der Waals surface area contributed by atoms with Gasteiger partial charge >= 0.3 is 6.09 Å². The van der Waals surface area contributed by atoms with E-state index in [1.165, 1.54) is 0 Å². The summed E-state index contributed by atoms with van der Waals surface area (Å²) in [6.45, 7) is 8.52. The number of carbonyl (C=O) groups is 2. The second kappa shape index (κ2) is 7.45. The predicted molar refractivity (Wildman–Crippen MR) is 107 cm³/mol. The number of carbonyl (C=O) groups excluding carboxylic acids is 2. The number of methoxy groups -OCH3 is 1. The number of nitrogens with zero attached hydrogens (tertiary/aromatic N) is 3. The molecule has 0 unspecified atom stereocenters. The Balaban J connectivity index is 1.93. The van der Waals surface area contributed by atoms with E-state index in [9.17, 15) is 9.59 Å². The monoisotopic (exact) mass is 387 g/mol. The summed E-state index contributed by atoms with van der Waals surface area (Å²) in [5.41, 5.74) is 0.706. The Labute approximate surface area is 165 Å². The van der Waals surface area contributed by atoms with Crippen molar-refractivity contribution in [1.29, 1.82) is 0 Å². The molecule has 0 saturated carbocycles. The molecule has 3 heterocycles. The molecular weight excluding hydrogens is 358 g/mol. The number of fused-ring (bicyclic) bond motifs is 1. The summed E-state index contributed by atoms with van der Waals surface area (Å²) in [5.74, 6) is 0.283. The van der Waals surface area contributed by atoms with E-state index < -0.39 is 5.60 Å². The first-order chi connectivity index (χ1) is 13.1. The fraction of sp³-hybridized carbons (Fsp3) is 0.571. The molecule has 7 nitrogen and oxygen atoms in total. The van der Waals surface area contributed by atoms with Crippen LogP contribution in [-0.2, 0) is 11.8 Å². The number of Topliss-reactive ketones (excluding diaryl/α,β-unsaturated/α-hetero) is 1. The molecule has 0 bridgehead atoms. The number of ketones is 1. The lowest BCUT2D eigenvalue weighted by Crippen LogP contribution is -2.47. The average Bonchev–Trinajstić information content (AvgIpc) is 3.00. The van der Waals surface area contributed by atoms with Crippen molar-refractivity contribution in [2.24, 2.45) is 18.9 Å². The first-order valence-corrected chi connectivity index (χ1v) is 9.62. The second-order valence-corrected chi connectivity index (χ2v) is 8.53. The summed E-state index contributed by atoms with van der Waals surface area (Å²) in [5, 5.41) is 0.772. The second-order valence-electron chi connectivity index (χ2n) is 8.53. The van der Waals surface area contributed by atoms with Crippen molar-refractivity contribution < 1.29 is 19.1 Å². The number of hydrogen-bond donors (Lipinski definition) is 0. The molecule has 0 N–H and O–H groups in total. The standard InChI is InChI=1S/C21H29N3O4/c1-13-7-10-24(20(26)28-21(2,3)4)12-15(13)18(25)17-14-8-9-23(5)19(14)22-11-16(17)27-6/h8-9,11,13,15H,7,10,12H2,1-6H3/t13-,15+/m1/s1. The molecule has 2 atom stereocenters. The predicted octanol–water partition coefficient (Wildman–Crippen LogP) is 3.66. The van der Waals surface area contributed by atoms with Crippen molar-refractivity contribution in [3.8, 4) is 5.75 Å². The molecule has 0 aliphatic carbocycles. The molecule has 28 heavy (non-hydrogen) atoms. The Morgan fingerprint density at radius 3 is 2.64 bits per heavy atom. The van der Waals surface area contributed by atoms with Gasteiger partial charge in [0.25, 0.3) is 0 Å². The Morgan fingerprint density at radius 1 is 1.29 bits per heavy atom. The smallest absolute Gasteiger partial charge is 0.410 e. The van der Waals surface area contributed by atoms with Crippen LogP contribution in [0.1, 0.15) is 44.5 Å². The number of ether oxygens (including phenoxy) is 2. The van der Waals surface area contributed by atoms with Gasteiger partial charge in [-0.3, -0.25) is 4.79 Å². The van der Waals surface area contributed by atoms with Crippen LogP contribution < -0.4 is 4.74 Å². The van der Waals surface area contributed by atoms with Crippen LogP contribution in [0.5, 0.6) is 5.75 Å². The summed E-state index contributed by atoms with van der Waals surface area (Å²) in [6, 6.07) is 1.89. The van der Waals surface area contributed by atoms with Crippen LogP contribution in [0.2, 0.25) is 0 Å². The average molecular weight is 387 g/mol. The van der Waals surface area contributed by atoms with Crippen molar-refractivity contribution in [1.82, 2.24) is 14.5 Å². The van der Waals surface area contributed by atoms with Crippen molar-refractivity contribution in [2.75, 3.05) is 20.2 Å². The number of pyridine rings is 1. The number of rotatable bonds is 3. The maximum absolute atomic E-state index is 13.6. The van der Waals surface area contributed by atoms with Gasteiger partial charge in [0.05, 0.1) is 18.9 Å². The van der Waals surface area contributed by atoms with Gasteiger partial charge < -0.3 is 18.9 Å². The Bertz CT molecular complexity index is 897. The number of aromatic nitrogens is 2. The van der Waals surface area contributed by atoms with Crippen LogP contribution in [-0.4, -0.2) is 52.1 Å². The quantitative estimate of drug-likeness (QED) is 0.752. The Kier molecular flexibility index (Phi) is 5.37. The summed E-state index contributed by atoms with van der Waals surface area (Å²) in [4.78, 5) is 32.1. The molecule has 1 amide bonds. The third-order valence-corrected chi connectivity index (χ3v) is 5.27. The normalized spacial score (nSPS) is 20.3. The zero-order chi connectivity index (χ0) is 20.6. The number of piperidine rings is 1. The van der Waals surface area contributed by atoms with Gasteiger partial charge in [0.1, 0.15) is 17.0 Å². The van der Waals surface area contributed by atoms with E-state index in [4.69, 9.17) is 9.47 Å². The molecule has 1 saturated heterocycles. The van der Waals surface area contributed by atoms with Gasteiger partial charge in [-0.1, -0.05) is 6.92 Å². The molecule has 1 aliphatic rings. The van der Waals surface area contributed by atoms with E-state index in [1.54, 1.807) is 18.2 Å². The van der Waals surface area contributed by atoms with Crippen LogP contribution in [0.4, 0.5) is 4.79 Å². The molecule has 152 valence electrons. The lowest BCUT2D eigenvalue weighted by atomic mass is 9.81. The number of aryl methyl sites for hydroxylation is 1. The van der Waals surface area contributed by atoms with E-state index in [0.29, 0.717) is 24.4 Å². The molecule has 0 spiro atoms. The van der Waals surface area contributed by atoms with Gasteiger partial charge in [-0.15, -0.1) is 0 Å². The summed E-state index contributed by atoms with van der Waals surface area (Å²) in [7, 11) is 3.43. The van der Waals surface area contributed by atoms with Crippen LogP contribution in [0, 0.1) is 11.8 Å². The molecule has 0 aromatic carbocycles. The SMILES string of the molecule is COc1cnc2c(ccn2C)c1C(=O)[C@H]1CN(C(=O)OC(C)(C)C)CC[C@H]1C. The fourth-order valence-corrected chi connectivity index (χ4v) is 3.69. The molecule has 3 rings (SSSR count). The van der Waals surface area contributed by atoms with Crippen LogP contribution in [0.25, 0.3) is 11.0 Å². The van der Waals surface area contributed by atoms with Crippen LogP contribution >= 0.6 is 0 Å². The zero-order valence-corrected chi connectivity index (χ0v) is 17.5. The van der Waals surface area contributed by atoms with Crippen LogP contribution in [0.3, 0.4) is 0 Å². The lowest BCUT2D eigenvalue weighted by Gasteiger charge is -2.37. The largest absolute Gasteiger partial charge is 0.494 e. The summed E-state index contributed by atoms with van der Waals surface area (Å²) in [6.07, 6.45) is 3.85. The Hall–Kier alpha value is -2.57. The lowest BCUT2D eigenvalue weighted by molar-refractivity contribution is 0.0124. The topological polar surface area (TPSA) is 73.7 Å². The number of likely N-dealkylation sites (tertiary alicyclic amines) is 1. The Morgan fingerprint density at radius 2 is 2.00 bits per heavy atom. The van der Waals surface area contributed by atoms with Gasteiger partial charge in [0.15, 0.2) is 5.78 Å². The first kappa shape index (κ1) is 20.2. The van der Waals surface area contributed by atoms with E-state index >= 15 is 0 Å². The van der Waals surface area contributed by atoms with Crippen molar-refractivity contribution in [2.45, 2.75) is 39.7 Å². The number of hydrogen-bond acceptors (Lipinski definition) is 5. The minimum Gasteiger partial charge on any atom is -0.494 e. The molecule has 1 fully saturated rings. The van der Waals surface area contributed by atoms with Gasteiger partial charge in [-0.05, 0) is 39.2 Å². The fourth-order valence-electron chi connectivity index (χ4n) is 3.69. The molecule has 2 aromatic rings. The van der Waals surface area contributed by atoms with E-state index in [-0.39, 0.29) is 23.7 Å². The van der Waals surface area contributed by atoms with Crippen LogP contribution in [0.15, 0.2) is 18.5 Å². The minimum atomic E-state index is -0.565. The van der Waals surface area contributed by atoms with Gasteiger partial charge in [-0.25, -0.2) is 9.78 Å². The highest BCUT2D eigenvalue weighted by atomic mass is 16.6. The maximum Gasteiger partial charge on any atom is 0.410 e. The van der Waals surface area contributed by atoms with Crippen molar-refractivity contribution in [3.05, 3.63) is 24.0 Å². The summed E-state index contributed by atoms with van der Waals surface area (Å²) >= 11 is 0. The van der Waals surface area contributed by atoms with Crippen molar-refractivity contribution in [3.63, 3.8) is 0 Å². The van der Waals surface area contributed by atoms with E-state index in [2.05, 4.69) is 11.9 Å².